The summed E-state index contributed by atoms with van der Waals surface area (Å²) in [6, 6.07) is 10.1. The lowest BCUT2D eigenvalue weighted by molar-refractivity contribution is 0.0245. The normalized spacial score (nSPS) is 25.1. The quantitative estimate of drug-likeness (QED) is 0.792. The second kappa shape index (κ2) is 6.09. The van der Waals surface area contributed by atoms with Crippen molar-refractivity contribution in [2.45, 2.75) is 64.8 Å². The van der Waals surface area contributed by atoms with E-state index in [2.05, 4.69) is 57.4 Å². The smallest absolute Gasteiger partial charge is 0.0132 e. The van der Waals surface area contributed by atoms with Crippen molar-refractivity contribution in [2.24, 2.45) is 5.41 Å². The third kappa shape index (κ3) is 2.45. The Morgan fingerprint density at radius 3 is 2.21 bits per heavy atom. The van der Waals surface area contributed by atoms with Gasteiger partial charge in [-0.05, 0) is 55.2 Å². The summed E-state index contributed by atoms with van der Waals surface area (Å²) in [6.07, 6.45) is 6.29. The number of aryl methyl sites for hydroxylation is 1. The summed E-state index contributed by atoms with van der Waals surface area (Å²) in [6.45, 7) is 6.95. The molecule has 0 saturated heterocycles. The van der Waals surface area contributed by atoms with Crippen molar-refractivity contribution in [1.82, 2.24) is 5.32 Å². The highest BCUT2D eigenvalue weighted by atomic mass is 14.9. The van der Waals surface area contributed by atoms with Crippen LogP contribution < -0.4 is 5.32 Å². The van der Waals surface area contributed by atoms with Gasteiger partial charge in [0.2, 0.25) is 0 Å². The van der Waals surface area contributed by atoms with Gasteiger partial charge in [-0.1, -0.05) is 51.5 Å². The van der Waals surface area contributed by atoms with Gasteiger partial charge in [-0.25, -0.2) is 0 Å². The number of benzene rings is 1. The number of hydrogen-bond donors (Lipinski definition) is 1. The average molecular weight is 259 g/mol. The molecular weight excluding hydrogens is 230 g/mol. The van der Waals surface area contributed by atoms with Gasteiger partial charge in [0.05, 0.1) is 0 Å². The van der Waals surface area contributed by atoms with Crippen molar-refractivity contribution in [3.05, 3.63) is 35.4 Å². The Hall–Kier alpha value is -0.820. The molecule has 1 saturated carbocycles. The van der Waals surface area contributed by atoms with Crippen LogP contribution in [0.25, 0.3) is 0 Å². The first-order chi connectivity index (χ1) is 9.21. The molecular formula is C18H29N. The molecule has 19 heavy (non-hydrogen) atoms. The zero-order valence-corrected chi connectivity index (χ0v) is 13.0. The van der Waals surface area contributed by atoms with Crippen LogP contribution in [0.15, 0.2) is 24.3 Å². The Balaban J connectivity index is 2.17. The average Bonchev–Trinajstić information content (AvgIpc) is 2.42. The van der Waals surface area contributed by atoms with E-state index in [-0.39, 0.29) is 0 Å². The van der Waals surface area contributed by atoms with Gasteiger partial charge in [0.1, 0.15) is 0 Å². The molecule has 0 spiro atoms. The Morgan fingerprint density at radius 1 is 1.11 bits per heavy atom. The molecule has 106 valence electrons. The van der Waals surface area contributed by atoms with Gasteiger partial charge in [0.25, 0.3) is 0 Å². The predicted octanol–water partition coefficient (Wildman–Crippen LogP) is 4.52. The van der Waals surface area contributed by atoms with Gasteiger partial charge in [-0.3, -0.25) is 0 Å². The predicted molar refractivity (Wildman–Crippen MR) is 83.7 cm³/mol. The van der Waals surface area contributed by atoms with Crippen LogP contribution >= 0.6 is 0 Å². The van der Waals surface area contributed by atoms with E-state index in [9.17, 15) is 0 Å². The molecule has 0 amide bonds. The molecule has 1 N–H and O–H groups in total. The minimum Gasteiger partial charge on any atom is -0.316 e. The van der Waals surface area contributed by atoms with Crippen molar-refractivity contribution in [3.8, 4) is 0 Å². The Bertz CT molecular complexity index is 389. The minimum absolute atomic E-state index is 0.473. The van der Waals surface area contributed by atoms with Crippen LogP contribution in [0.1, 0.15) is 63.5 Å². The molecule has 0 heterocycles. The largest absolute Gasteiger partial charge is 0.316 e. The molecule has 2 atom stereocenters. The standard InChI is InChI=1S/C18H29N/c1-5-8-14-9-11-15(12-10-14)16-13-17(19-4)18(16,6-2)7-3/h9-12,16-17,19H,5-8,13H2,1-4H3. The van der Waals surface area contributed by atoms with Gasteiger partial charge < -0.3 is 5.32 Å². The molecule has 0 aliphatic heterocycles. The summed E-state index contributed by atoms with van der Waals surface area (Å²) in [5.41, 5.74) is 3.51. The second-order valence-corrected chi connectivity index (χ2v) is 6.06. The molecule has 1 aliphatic carbocycles. The summed E-state index contributed by atoms with van der Waals surface area (Å²) in [5.74, 6) is 0.746. The molecule has 0 bridgehead atoms. The molecule has 0 radical (unpaired) electrons. The molecule has 2 unspecified atom stereocenters. The fraction of sp³-hybridized carbons (Fsp3) is 0.667. The topological polar surface area (TPSA) is 12.0 Å². The van der Waals surface area contributed by atoms with E-state index in [0.29, 0.717) is 11.5 Å². The molecule has 1 aliphatic rings. The molecule has 0 aromatic heterocycles. The Morgan fingerprint density at radius 2 is 1.74 bits per heavy atom. The van der Waals surface area contributed by atoms with Gasteiger partial charge in [-0.2, -0.15) is 0 Å². The molecule has 1 aromatic carbocycles. The van der Waals surface area contributed by atoms with Crippen molar-refractivity contribution >= 4 is 0 Å². The summed E-state index contributed by atoms with van der Waals surface area (Å²) in [7, 11) is 2.12. The highest BCUT2D eigenvalue weighted by Crippen LogP contribution is 2.57. The second-order valence-electron chi connectivity index (χ2n) is 6.06. The van der Waals surface area contributed by atoms with E-state index in [4.69, 9.17) is 0 Å². The maximum atomic E-state index is 3.53. The van der Waals surface area contributed by atoms with E-state index in [1.165, 1.54) is 37.7 Å². The van der Waals surface area contributed by atoms with Crippen molar-refractivity contribution < 1.29 is 0 Å². The Kier molecular flexibility index (Phi) is 4.67. The first-order valence-electron chi connectivity index (χ1n) is 7.97. The highest BCUT2D eigenvalue weighted by Gasteiger charge is 2.51. The summed E-state index contributed by atoms with van der Waals surface area (Å²) in [5, 5.41) is 3.53. The summed E-state index contributed by atoms with van der Waals surface area (Å²) >= 11 is 0. The molecule has 2 rings (SSSR count). The van der Waals surface area contributed by atoms with Crippen LogP contribution in [0, 0.1) is 5.41 Å². The maximum absolute atomic E-state index is 3.53. The van der Waals surface area contributed by atoms with E-state index >= 15 is 0 Å². The highest BCUT2D eigenvalue weighted by molar-refractivity contribution is 5.31. The number of rotatable bonds is 6. The summed E-state index contributed by atoms with van der Waals surface area (Å²) in [4.78, 5) is 0. The lowest BCUT2D eigenvalue weighted by atomic mass is 9.52. The lowest BCUT2D eigenvalue weighted by Gasteiger charge is -2.56. The third-order valence-electron chi connectivity index (χ3n) is 5.45. The SMILES string of the molecule is CCCc1ccc(C2CC(NC)C2(CC)CC)cc1. The molecule has 1 nitrogen and oxygen atoms in total. The van der Waals surface area contributed by atoms with E-state index < -0.39 is 0 Å². The van der Waals surface area contributed by atoms with Gasteiger partial charge in [0, 0.05) is 6.04 Å². The van der Waals surface area contributed by atoms with E-state index in [1.807, 2.05) is 0 Å². The third-order valence-corrected chi connectivity index (χ3v) is 5.45. The molecule has 1 heteroatoms. The van der Waals surface area contributed by atoms with Crippen molar-refractivity contribution in [2.75, 3.05) is 7.05 Å². The molecule has 1 fully saturated rings. The number of nitrogens with one attached hydrogen (secondary N) is 1. The first kappa shape index (κ1) is 14.6. The van der Waals surface area contributed by atoms with Crippen LogP contribution in [-0.2, 0) is 6.42 Å². The van der Waals surface area contributed by atoms with Crippen LogP contribution in [0.2, 0.25) is 0 Å². The van der Waals surface area contributed by atoms with Crippen molar-refractivity contribution in [1.29, 1.82) is 0 Å². The van der Waals surface area contributed by atoms with Crippen molar-refractivity contribution in [3.63, 3.8) is 0 Å². The van der Waals surface area contributed by atoms with Gasteiger partial charge in [-0.15, -0.1) is 0 Å². The zero-order valence-electron chi connectivity index (χ0n) is 13.0. The Labute approximate surface area is 118 Å². The fourth-order valence-corrected chi connectivity index (χ4v) is 4.10. The summed E-state index contributed by atoms with van der Waals surface area (Å²) < 4.78 is 0. The van der Waals surface area contributed by atoms with E-state index in [1.54, 1.807) is 5.56 Å². The first-order valence-corrected chi connectivity index (χ1v) is 7.97. The molecule has 1 aromatic rings. The maximum Gasteiger partial charge on any atom is 0.0132 e. The lowest BCUT2D eigenvalue weighted by Crippen LogP contribution is -2.57. The van der Waals surface area contributed by atoms with Crippen LogP contribution in [-0.4, -0.2) is 13.1 Å². The van der Waals surface area contributed by atoms with Gasteiger partial charge >= 0.3 is 0 Å². The van der Waals surface area contributed by atoms with E-state index in [0.717, 1.165) is 5.92 Å². The van der Waals surface area contributed by atoms with Gasteiger partial charge in [0.15, 0.2) is 0 Å². The minimum atomic E-state index is 0.473. The fourth-order valence-electron chi connectivity index (χ4n) is 4.10. The van der Waals surface area contributed by atoms with Crippen LogP contribution in [0.3, 0.4) is 0 Å². The zero-order chi connectivity index (χ0) is 13.9. The number of hydrogen-bond acceptors (Lipinski definition) is 1. The van der Waals surface area contributed by atoms with Crippen LogP contribution in [0.4, 0.5) is 0 Å². The monoisotopic (exact) mass is 259 g/mol. The van der Waals surface area contributed by atoms with Crippen LogP contribution in [0.5, 0.6) is 0 Å².